The second kappa shape index (κ2) is 7.50. The van der Waals surface area contributed by atoms with E-state index < -0.39 is 0 Å². The number of halogens is 1. The first-order valence-corrected chi connectivity index (χ1v) is 10.2. The molecule has 0 spiro atoms. The summed E-state index contributed by atoms with van der Waals surface area (Å²) in [5.41, 5.74) is 2.60. The number of quaternary nitrogens is 1. The summed E-state index contributed by atoms with van der Waals surface area (Å²) < 4.78 is -0.279. The van der Waals surface area contributed by atoms with E-state index in [4.69, 9.17) is 16.7 Å². The first kappa shape index (κ1) is 18.3. The van der Waals surface area contributed by atoms with Gasteiger partial charge in [-0.15, -0.1) is 0 Å². The SMILES string of the molecule is [O-][N+]1(CCO)CCN(C2Cc3cc(Cl)ccc3Sc3ccccc32)CC1. The molecular formula is C20H23ClN2O2S. The topological polar surface area (TPSA) is 46.5 Å². The van der Waals surface area contributed by atoms with E-state index in [1.807, 2.05) is 6.07 Å². The molecule has 0 radical (unpaired) electrons. The Morgan fingerprint density at radius 3 is 2.69 bits per heavy atom. The van der Waals surface area contributed by atoms with Gasteiger partial charge in [-0.05, 0) is 41.8 Å². The van der Waals surface area contributed by atoms with Crippen LogP contribution in [0, 0.1) is 5.21 Å². The van der Waals surface area contributed by atoms with E-state index in [0.29, 0.717) is 19.6 Å². The summed E-state index contributed by atoms with van der Waals surface area (Å²) >= 11 is 8.06. The van der Waals surface area contributed by atoms with Crippen LogP contribution in [0.1, 0.15) is 17.2 Å². The van der Waals surface area contributed by atoms with Crippen LogP contribution in [0.15, 0.2) is 52.3 Å². The van der Waals surface area contributed by atoms with Crippen molar-refractivity contribution in [2.24, 2.45) is 0 Å². The molecule has 26 heavy (non-hydrogen) atoms. The van der Waals surface area contributed by atoms with Gasteiger partial charge in [-0.2, -0.15) is 0 Å². The van der Waals surface area contributed by atoms with Gasteiger partial charge in [0.2, 0.25) is 0 Å². The van der Waals surface area contributed by atoms with Gasteiger partial charge in [0.05, 0.1) is 19.7 Å². The van der Waals surface area contributed by atoms with Crippen LogP contribution in [0.2, 0.25) is 5.02 Å². The molecule has 0 aliphatic carbocycles. The van der Waals surface area contributed by atoms with Gasteiger partial charge >= 0.3 is 0 Å². The third kappa shape index (κ3) is 3.65. The number of rotatable bonds is 3. The highest BCUT2D eigenvalue weighted by Gasteiger charge is 2.33. The van der Waals surface area contributed by atoms with Crippen molar-refractivity contribution in [2.45, 2.75) is 22.3 Å². The highest BCUT2D eigenvalue weighted by Crippen LogP contribution is 2.43. The molecule has 6 heteroatoms. The molecule has 2 heterocycles. The van der Waals surface area contributed by atoms with Crippen LogP contribution in [-0.4, -0.2) is 54.0 Å². The van der Waals surface area contributed by atoms with E-state index in [-0.39, 0.29) is 17.3 Å². The zero-order valence-corrected chi connectivity index (χ0v) is 16.2. The Hall–Kier alpha value is -1.08. The second-order valence-electron chi connectivity index (χ2n) is 7.10. The number of fused-ring (bicyclic) bond motifs is 2. The number of hydrogen-bond donors (Lipinski definition) is 1. The molecular weight excluding hydrogens is 368 g/mol. The maximum Gasteiger partial charge on any atom is 0.102 e. The standard InChI is InChI=1S/C20H23ClN2O2S/c21-16-5-6-19-15(13-16)14-18(17-3-1-2-4-20(17)26-19)22-7-9-23(25,10-8-22)11-12-24/h1-6,13,18,24H,7-12,14H2. The molecule has 1 fully saturated rings. The Morgan fingerprint density at radius 2 is 1.92 bits per heavy atom. The summed E-state index contributed by atoms with van der Waals surface area (Å²) in [6.07, 6.45) is 0.902. The molecule has 1 atom stereocenters. The van der Waals surface area contributed by atoms with Gasteiger partial charge in [-0.1, -0.05) is 41.6 Å². The van der Waals surface area contributed by atoms with Crippen LogP contribution in [0.5, 0.6) is 0 Å². The fourth-order valence-electron chi connectivity index (χ4n) is 3.98. The molecule has 2 aromatic carbocycles. The van der Waals surface area contributed by atoms with Crippen LogP contribution in [0.25, 0.3) is 0 Å². The number of aliphatic hydroxyl groups is 1. The summed E-state index contributed by atoms with van der Waals surface area (Å²) in [6, 6.07) is 15.0. The van der Waals surface area contributed by atoms with E-state index in [2.05, 4.69) is 41.3 Å². The monoisotopic (exact) mass is 390 g/mol. The molecule has 1 saturated heterocycles. The third-order valence-electron chi connectivity index (χ3n) is 5.47. The molecule has 0 aromatic heterocycles. The lowest BCUT2D eigenvalue weighted by Crippen LogP contribution is -2.57. The van der Waals surface area contributed by atoms with Crippen molar-refractivity contribution in [3.05, 3.63) is 63.8 Å². The minimum atomic E-state index is -0.279. The molecule has 2 aliphatic rings. The maximum atomic E-state index is 12.6. The second-order valence-corrected chi connectivity index (χ2v) is 8.62. The molecule has 2 aromatic rings. The molecule has 0 bridgehead atoms. The van der Waals surface area contributed by atoms with Gasteiger partial charge in [-0.25, -0.2) is 0 Å². The Balaban J connectivity index is 1.65. The zero-order chi connectivity index (χ0) is 18.1. The van der Waals surface area contributed by atoms with Gasteiger partial charge in [0.1, 0.15) is 6.54 Å². The Bertz CT molecular complexity index is 793. The lowest BCUT2D eigenvalue weighted by Gasteiger charge is -2.49. The van der Waals surface area contributed by atoms with Crippen LogP contribution >= 0.6 is 23.4 Å². The number of hydrogen-bond acceptors (Lipinski definition) is 4. The normalized spacial score (nSPS) is 22.3. The minimum absolute atomic E-state index is 0.0434. The summed E-state index contributed by atoms with van der Waals surface area (Å²) in [7, 11) is 0. The lowest BCUT2D eigenvalue weighted by atomic mass is 9.96. The Labute approximate surface area is 163 Å². The molecule has 0 saturated carbocycles. The third-order valence-corrected chi connectivity index (χ3v) is 6.92. The maximum absolute atomic E-state index is 12.6. The molecule has 1 N–H and O–H groups in total. The highest BCUT2D eigenvalue weighted by atomic mass is 35.5. The molecule has 2 aliphatic heterocycles. The van der Waals surface area contributed by atoms with Crippen molar-refractivity contribution in [1.82, 2.24) is 4.90 Å². The number of aliphatic hydroxyl groups excluding tert-OH is 1. The van der Waals surface area contributed by atoms with E-state index in [1.165, 1.54) is 20.9 Å². The minimum Gasteiger partial charge on any atom is -0.633 e. The highest BCUT2D eigenvalue weighted by molar-refractivity contribution is 7.99. The zero-order valence-electron chi connectivity index (χ0n) is 14.6. The predicted octanol–water partition coefficient (Wildman–Crippen LogP) is 3.71. The fraction of sp³-hybridized carbons (Fsp3) is 0.400. The molecule has 138 valence electrons. The van der Waals surface area contributed by atoms with Crippen LogP contribution in [0.3, 0.4) is 0 Å². The summed E-state index contributed by atoms with van der Waals surface area (Å²) in [4.78, 5) is 4.97. The molecule has 4 rings (SSSR count). The van der Waals surface area contributed by atoms with Crippen molar-refractivity contribution in [2.75, 3.05) is 39.3 Å². The van der Waals surface area contributed by atoms with Crippen molar-refractivity contribution in [1.29, 1.82) is 0 Å². The number of hydroxylamine groups is 3. The Kier molecular flexibility index (Phi) is 5.28. The largest absolute Gasteiger partial charge is 0.633 e. The quantitative estimate of drug-likeness (QED) is 0.641. The van der Waals surface area contributed by atoms with Gasteiger partial charge in [0.15, 0.2) is 0 Å². The van der Waals surface area contributed by atoms with E-state index in [0.717, 1.165) is 24.5 Å². The van der Waals surface area contributed by atoms with Crippen molar-refractivity contribution in [3.63, 3.8) is 0 Å². The van der Waals surface area contributed by atoms with Gasteiger partial charge < -0.3 is 15.0 Å². The average molecular weight is 391 g/mol. The smallest absolute Gasteiger partial charge is 0.102 e. The van der Waals surface area contributed by atoms with E-state index >= 15 is 0 Å². The van der Waals surface area contributed by atoms with Crippen molar-refractivity contribution < 1.29 is 9.75 Å². The van der Waals surface area contributed by atoms with Gasteiger partial charge in [0.25, 0.3) is 0 Å². The van der Waals surface area contributed by atoms with Crippen molar-refractivity contribution in [3.8, 4) is 0 Å². The molecule has 0 amide bonds. The summed E-state index contributed by atoms with van der Waals surface area (Å²) in [5, 5.41) is 22.6. The molecule has 4 nitrogen and oxygen atoms in total. The predicted molar refractivity (Wildman–Crippen MR) is 105 cm³/mol. The van der Waals surface area contributed by atoms with E-state index in [1.54, 1.807) is 11.8 Å². The van der Waals surface area contributed by atoms with Crippen LogP contribution in [-0.2, 0) is 6.42 Å². The molecule has 1 unspecified atom stereocenters. The summed E-state index contributed by atoms with van der Waals surface area (Å²) in [6.45, 7) is 2.83. The van der Waals surface area contributed by atoms with Crippen LogP contribution in [0.4, 0.5) is 0 Å². The Morgan fingerprint density at radius 1 is 1.15 bits per heavy atom. The van der Waals surface area contributed by atoms with E-state index in [9.17, 15) is 5.21 Å². The number of benzene rings is 2. The van der Waals surface area contributed by atoms with Crippen molar-refractivity contribution >= 4 is 23.4 Å². The van der Waals surface area contributed by atoms with Gasteiger partial charge in [-0.3, -0.25) is 4.90 Å². The number of nitrogens with zero attached hydrogens (tertiary/aromatic N) is 2. The average Bonchev–Trinajstić information content (AvgIpc) is 2.79. The first-order chi connectivity index (χ1) is 12.6. The fourth-order valence-corrected chi connectivity index (χ4v) is 5.29. The summed E-state index contributed by atoms with van der Waals surface area (Å²) in [5.74, 6) is 0. The first-order valence-electron chi connectivity index (χ1n) is 9.05. The van der Waals surface area contributed by atoms with Crippen LogP contribution < -0.4 is 0 Å². The lowest BCUT2D eigenvalue weighted by molar-refractivity contribution is -0.885. The van der Waals surface area contributed by atoms with Gasteiger partial charge in [0, 0.05) is 33.9 Å². The number of piperazine rings is 1.